The molecule has 0 spiro atoms. The Kier molecular flexibility index (Phi) is 5.41. The van der Waals surface area contributed by atoms with Crippen LogP contribution in [0.5, 0.6) is 0 Å². The van der Waals surface area contributed by atoms with Crippen LogP contribution in [-0.2, 0) is 22.4 Å². The lowest BCUT2D eigenvalue weighted by Crippen LogP contribution is -2.07. The van der Waals surface area contributed by atoms with Crippen LogP contribution in [-0.4, -0.2) is 22.0 Å². The van der Waals surface area contributed by atoms with Gasteiger partial charge in [0.15, 0.2) is 5.82 Å². The zero-order valence-corrected chi connectivity index (χ0v) is 15.3. The summed E-state index contributed by atoms with van der Waals surface area (Å²) >= 11 is 0. The number of esters is 1. The highest BCUT2D eigenvalue weighted by Crippen LogP contribution is 2.27. The maximum absolute atomic E-state index is 12.0. The van der Waals surface area contributed by atoms with E-state index in [2.05, 4.69) is 22.1 Å². The number of azo groups is 1. The van der Waals surface area contributed by atoms with Gasteiger partial charge in [-0.25, -0.2) is 4.98 Å². The number of pyridine rings is 1. The predicted octanol–water partition coefficient (Wildman–Crippen LogP) is 4.73. The number of benzene rings is 1. The molecular weight excluding hydrogens is 328 g/mol. The summed E-state index contributed by atoms with van der Waals surface area (Å²) in [5.41, 5.74) is 4.28. The molecule has 134 valence electrons. The molecule has 0 unspecified atom stereocenters. The van der Waals surface area contributed by atoms with Crippen molar-refractivity contribution in [2.24, 2.45) is 10.2 Å². The molecule has 0 radical (unpaired) electrons. The average Bonchev–Trinajstić information content (AvgIpc) is 2.99. The Morgan fingerprint density at radius 2 is 1.96 bits per heavy atom. The van der Waals surface area contributed by atoms with Gasteiger partial charge in [-0.2, -0.15) is 0 Å². The van der Waals surface area contributed by atoms with Crippen molar-refractivity contribution >= 4 is 23.1 Å². The van der Waals surface area contributed by atoms with E-state index in [9.17, 15) is 4.79 Å². The van der Waals surface area contributed by atoms with Gasteiger partial charge in [0.25, 0.3) is 0 Å². The van der Waals surface area contributed by atoms with Crippen LogP contribution in [0.4, 0.5) is 11.5 Å². The molecule has 2 aromatic heterocycles. The summed E-state index contributed by atoms with van der Waals surface area (Å²) in [5, 5.41) is 8.87. The molecule has 0 saturated carbocycles. The standard InChI is InChI=1S/C20H22N4O2/c1-4-15-10-6-7-11-16(15)22-23-20-17(13-18(25)26-5-2)21-19-14(3)9-8-12-24(19)20/h6-12H,4-5,13H2,1-3H3. The third kappa shape index (κ3) is 3.64. The van der Waals surface area contributed by atoms with Crippen LogP contribution in [0.1, 0.15) is 30.7 Å². The van der Waals surface area contributed by atoms with Crippen molar-refractivity contribution in [1.29, 1.82) is 0 Å². The number of nitrogens with zero attached hydrogens (tertiary/aromatic N) is 4. The van der Waals surface area contributed by atoms with Crippen LogP contribution in [0, 0.1) is 6.92 Å². The minimum Gasteiger partial charge on any atom is -0.466 e. The van der Waals surface area contributed by atoms with E-state index < -0.39 is 0 Å². The predicted molar refractivity (Wildman–Crippen MR) is 100 cm³/mol. The van der Waals surface area contributed by atoms with Crippen LogP contribution in [0.25, 0.3) is 5.65 Å². The van der Waals surface area contributed by atoms with Crippen LogP contribution >= 0.6 is 0 Å². The van der Waals surface area contributed by atoms with Gasteiger partial charge in [-0.3, -0.25) is 9.20 Å². The first-order chi connectivity index (χ1) is 12.6. The number of hydrogen-bond donors (Lipinski definition) is 0. The van der Waals surface area contributed by atoms with Gasteiger partial charge in [0, 0.05) is 6.20 Å². The monoisotopic (exact) mass is 350 g/mol. The molecule has 6 heteroatoms. The summed E-state index contributed by atoms with van der Waals surface area (Å²) in [4.78, 5) is 16.6. The van der Waals surface area contributed by atoms with Crippen LogP contribution < -0.4 is 0 Å². The zero-order valence-electron chi connectivity index (χ0n) is 15.3. The average molecular weight is 350 g/mol. The van der Waals surface area contributed by atoms with Gasteiger partial charge in [-0.1, -0.05) is 31.2 Å². The molecule has 0 amide bonds. The minimum absolute atomic E-state index is 0.0682. The van der Waals surface area contributed by atoms with Gasteiger partial charge in [0.1, 0.15) is 5.65 Å². The molecule has 2 heterocycles. The molecule has 0 aliphatic rings. The van der Waals surface area contributed by atoms with Crippen molar-refractivity contribution in [1.82, 2.24) is 9.38 Å². The smallest absolute Gasteiger partial charge is 0.312 e. The Bertz CT molecular complexity index is 960. The fraction of sp³-hybridized carbons (Fsp3) is 0.300. The van der Waals surface area contributed by atoms with Crippen molar-refractivity contribution in [3.63, 3.8) is 0 Å². The quantitative estimate of drug-likeness (QED) is 0.477. The Morgan fingerprint density at radius 1 is 1.15 bits per heavy atom. The third-order valence-corrected chi connectivity index (χ3v) is 4.13. The van der Waals surface area contributed by atoms with E-state index in [1.165, 1.54) is 0 Å². The lowest BCUT2D eigenvalue weighted by atomic mass is 10.1. The Balaban J connectivity index is 2.06. The van der Waals surface area contributed by atoms with Gasteiger partial charge >= 0.3 is 5.97 Å². The first-order valence-electron chi connectivity index (χ1n) is 8.75. The molecule has 6 nitrogen and oxygen atoms in total. The summed E-state index contributed by atoms with van der Waals surface area (Å²) in [6.07, 6.45) is 2.82. The number of fused-ring (bicyclic) bond motifs is 1. The SMILES string of the molecule is CCOC(=O)Cc1nc2c(C)cccn2c1N=Nc1ccccc1CC. The second-order valence-corrected chi connectivity index (χ2v) is 5.93. The Labute approximate surface area is 152 Å². The first-order valence-corrected chi connectivity index (χ1v) is 8.75. The fourth-order valence-electron chi connectivity index (χ4n) is 2.82. The van der Waals surface area contributed by atoms with Gasteiger partial charge < -0.3 is 4.74 Å². The molecule has 3 aromatic rings. The highest BCUT2D eigenvalue weighted by Gasteiger charge is 2.17. The second kappa shape index (κ2) is 7.91. The van der Waals surface area contributed by atoms with E-state index in [4.69, 9.17) is 4.74 Å². The van der Waals surface area contributed by atoms with Crippen molar-refractivity contribution in [3.05, 3.63) is 59.4 Å². The van der Waals surface area contributed by atoms with E-state index in [0.717, 1.165) is 28.9 Å². The fourth-order valence-corrected chi connectivity index (χ4v) is 2.82. The van der Waals surface area contributed by atoms with Crippen LogP contribution in [0.3, 0.4) is 0 Å². The maximum atomic E-state index is 12.0. The second-order valence-electron chi connectivity index (χ2n) is 5.93. The number of ether oxygens (including phenoxy) is 1. The number of carbonyl (C=O) groups excluding carboxylic acids is 1. The number of aromatic nitrogens is 2. The molecule has 0 aliphatic heterocycles. The molecule has 26 heavy (non-hydrogen) atoms. The van der Waals surface area contributed by atoms with Gasteiger partial charge in [-0.15, -0.1) is 10.2 Å². The van der Waals surface area contributed by atoms with E-state index in [1.54, 1.807) is 6.92 Å². The molecule has 0 saturated heterocycles. The van der Waals surface area contributed by atoms with Gasteiger partial charge in [-0.05, 0) is 43.5 Å². The highest BCUT2D eigenvalue weighted by molar-refractivity contribution is 5.74. The Morgan fingerprint density at radius 3 is 2.73 bits per heavy atom. The summed E-state index contributed by atoms with van der Waals surface area (Å²) < 4.78 is 6.93. The van der Waals surface area contributed by atoms with E-state index in [1.807, 2.05) is 53.9 Å². The summed E-state index contributed by atoms with van der Waals surface area (Å²) in [5.74, 6) is 0.238. The largest absolute Gasteiger partial charge is 0.466 e. The molecule has 1 aromatic carbocycles. The zero-order chi connectivity index (χ0) is 18.5. The van der Waals surface area contributed by atoms with Crippen molar-refractivity contribution in [3.8, 4) is 0 Å². The van der Waals surface area contributed by atoms with E-state index in [-0.39, 0.29) is 12.4 Å². The lowest BCUT2D eigenvalue weighted by Gasteiger charge is -2.02. The molecule has 0 N–H and O–H groups in total. The maximum Gasteiger partial charge on any atom is 0.312 e. The molecule has 3 rings (SSSR count). The molecule has 0 bridgehead atoms. The topological polar surface area (TPSA) is 68.3 Å². The summed E-state index contributed by atoms with van der Waals surface area (Å²) in [6, 6.07) is 11.8. The number of imidazole rings is 1. The van der Waals surface area contributed by atoms with Crippen molar-refractivity contribution in [2.45, 2.75) is 33.6 Å². The number of aryl methyl sites for hydroxylation is 2. The number of carbonyl (C=O) groups is 1. The molecule has 0 atom stereocenters. The van der Waals surface area contributed by atoms with Gasteiger partial charge in [0.2, 0.25) is 0 Å². The number of rotatable bonds is 6. The minimum atomic E-state index is -0.320. The van der Waals surface area contributed by atoms with Crippen LogP contribution in [0.2, 0.25) is 0 Å². The number of hydrogen-bond acceptors (Lipinski definition) is 5. The molecular formula is C20H22N4O2. The summed E-state index contributed by atoms with van der Waals surface area (Å²) in [6.45, 7) is 6.18. The Hall–Kier alpha value is -3.02. The normalized spacial score (nSPS) is 11.3. The highest BCUT2D eigenvalue weighted by atomic mass is 16.5. The van der Waals surface area contributed by atoms with E-state index >= 15 is 0 Å². The third-order valence-electron chi connectivity index (χ3n) is 4.13. The first kappa shape index (κ1) is 17.8. The van der Waals surface area contributed by atoms with Gasteiger partial charge in [0.05, 0.1) is 24.4 Å². The van der Waals surface area contributed by atoms with Crippen molar-refractivity contribution < 1.29 is 9.53 Å². The van der Waals surface area contributed by atoms with Crippen LogP contribution in [0.15, 0.2) is 52.8 Å². The van der Waals surface area contributed by atoms with Crippen molar-refractivity contribution in [2.75, 3.05) is 6.61 Å². The molecule has 0 fully saturated rings. The molecule has 0 aliphatic carbocycles. The van der Waals surface area contributed by atoms with E-state index in [0.29, 0.717) is 18.1 Å². The lowest BCUT2D eigenvalue weighted by molar-refractivity contribution is -0.142. The summed E-state index contributed by atoms with van der Waals surface area (Å²) in [7, 11) is 0.